The fourth-order valence-electron chi connectivity index (χ4n) is 2.91. The lowest BCUT2D eigenvalue weighted by Gasteiger charge is -2.29. The summed E-state index contributed by atoms with van der Waals surface area (Å²) in [5, 5.41) is 2.94. The van der Waals surface area contributed by atoms with Crippen molar-refractivity contribution < 1.29 is 9.59 Å². The van der Waals surface area contributed by atoms with Crippen LogP contribution in [0.5, 0.6) is 0 Å². The molecule has 2 aromatic carbocycles. The van der Waals surface area contributed by atoms with E-state index in [1.54, 1.807) is 11.8 Å². The van der Waals surface area contributed by atoms with Crippen LogP contribution in [-0.4, -0.2) is 29.3 Å². The first-order chi connectivity index (χ1) is 12.9. The highest BCUT2D eigenvalue weighted by molar-refractivity contribution is 5.88. The Morgan fingerprint density at radius 3 is 2.26 bits per heavy atom. The highest BCUT2D eigenvalue weighted by Crippen LogP contribution is 2.13. The minimum absolute atomic E-state index is 0.0448. The van der Waals surface area contributed by atoms with Gasteiger partial charge in [-0.25, -0.2) is 0 Å². The Hall–Kier alpha value is -2.62. The average Bonchev–Trinajstić information content (AvgIpc) is 2.64. The first kappa shape index (κ1) is 20.7. The van der Waals surface area contributed by atoms with Crippen LogP contribution in [0.4, 0.5) is 0 Å². The minimum atomic E-state index is -0.527. The molecule has 27 heavy (non-hydrogen) atoms. The molecule has 4 heteroatoms. The van der Waals surface area contributed by atoms with Crippen LogP contribution in [0.1, 0.15) is 37.5 Å². The highest BCUT2D eigenvalue weighted by atomic mass is 16.2. The molecule has 0 aliphatic carbocycles. The van der Waals surface area contributed by atoms with Crippen LogP contribution in [0.15, 0.2) is 54.6 Å². The van der Waals surface area contributed by atoms with E-state index in [-0.39, 0.29) is 18.2 Å². The molecule has 144 valence electrons. The van der Waals surface area contributed by atoms with Crippen LogP contribution in [0.3, 0.4) is 0 Å². The largest absolute Gasteiger partial charge is 0.354 e. The van der Waals surface area contributed by atoms with Crippen molar-refractivity contribution in [3.8, 4) is 0 Å². The predicted octanol–water partition coefficient (Wildman–Crippen LogP) is 3.73. The van der Waals surface area contributed by atoms with E-state index >= 15 is 0 Å². The molecule has 0 fully saturated rings. The molecule has 1 atom stereocenters. The van der Waals surface area contributed by atoms with E-state index in [1.807, 2.05) is 61.5 Å². The van der Waals surface area contributed by atoms with Gasteiger partial charge in [0.25, 0.3) is 0 Å². The first-order valence-corrected chi connectivity index (χ1v) is 9.53. The monoisotopic (exact) mass is 366 g/mol. The molecular formula is C23H30N2O2. The smallest absolute Gasteiger partial charge is 0.242 e. The summed E-state index contributed by atoms with van der Waals surface area (Å²) in [5.41, 5.74) is 3.10. The van der Waals surface area contributed by atoms with Gasteiger partial charge in [-0.3, -0.25) is 9.59 Å². The predicted molar refractivity (Wildman–Crippen MR) is 109 cm³/mol. The number of benzene rings is 2. The van der Waals surface area contributed by atoms with Gasteiger partial charge in [0, 0.05) is 13.1 Å². The lowest BCUT2D eigenvalue weighted by atomic mass is 10.1. The van der Waals surface area contributed by atoms with Crippen molar-refractivity contribution >= 4 is 11.8 Å². The maximum Gasteiger partial charge on any atom is 0.242 e. The van der Waals surface area contributed by atoms with Gasteiger partial charge in [0.15, 0.2) is 0 Å². The fourth-order valence-corrected chi connectivity index (χ4v) is 2.91. The zero-order valence-electron chi connectivity index (χ0n) is 16.7. The van der Waals surface area contributed by atoms with E-state index in [1.165, 1.54) is 0 Å². The number of rotatable bonds is 8. The Morgan fingerprint density at radius 2 is 1.63 bits per heavy atom. The lowest BCUT2D eigenvalue weighted by Crippen LogP contribution is -2.48. The van der Waals surface area contributed by atoms with Crippen LogP contribution < -0.4 is 5.32 Å². The summed E-state index contributed by atoms with van der Waals surface area (Å²) in [7, 11) is 0. The maximum absolute atomic E-state index is 13.1. The molecule has 4 nitrogen and oxygen atoms in total. The molecule has 0 saturated carbocycles. The lowest BCUT2D eigenvalue weighted by molar-refractivity contribution is -0.140. The number of nitrogens with one attached hydrogen (secondary N) is 1. The van der Waals surface area contributed by atoms with Crippen LogP contribution in [0.2, 0.25) is 0 Å². The van der Waals surface area contributed by atoms with Gasteiger partial charge in [-0.2, -0.15) is 0 Å². The fraction of sp³-hybridized carbons (Fsp3) is 0.391. The van der Waals surface area contributed by atoms with Gasteiger partial charge < -0.3 is 10.2 Å². The maximum atomic E-state index is 13.1. The van der Waals surface area contributed by atoms with Crippen molar-refractivity contribution in [3.63, 3.8) is 0 Å². The summed E-state index contributed by atoms with van der Waals surface area (Å²) in [4.78, 5) is 27.3. The van der Waals surface area contributed by atoms with E-state index in [9.17, 15) is 9.59 Å². The molecule has 1 unspecified atom stereocenters. The van der Waals surface area contributed by atoms with E-state index < -0.39 is 6.04 Å². The van der Waals surface area contributed by atoms with Gasteiger partial charge in [0.2, 0.25) is 11.8 Å². The van der Waals surface area contributed by atoms with Gasteiger partial charge >= 0.3 is 0 Å². The quantitative estimate of drug-likeness (QED) is 0.774. The Bertz CT molecular complexity index is 756. The van der Waals surface area contributed by atoms with Crippen LogP contribution in [0, 0.1) is 12.8 Å². The number of carbonyl (C=O) groups is 2. The zero-order valence-corrected chi connectivity index (χ0v) is 16.7. The molecular weight excluding hydrogens is 336 g/mol. The van der Waals surface area contributed by atoms with Crippen molar-refractivity contribution in [1.82, 2.24) is 10.2 Å². The summed E-state index contributed by atoms with van der Waals surface area (Å²) in [6, 6.07) is 17.2. The van der Waals surface area contributed by atoms with E-state index in [4.69, 9.17) is 0 Å². The standard InChI is InChI=1S/C23H30N2O2/c1-17(2)15-24-23(27)19(4)25(16-20-10-6-5-7-11-20)22(26)14-21-12-8-9-18(3)13-21/h5-13,17,19H,14-16H2,1-4H3,(H,24,27). The molecule has 0 aliphatic heterocycles. The molecule has 0 heterocycles. The second-order valence-electron chi connectivity index (χ2n) is 7.49. The Labute approximate surface area is 162 Å². The highest BCUT2D eigenvalue weighted by Gasteiger charge is 2.26. The Balaban J connectivity index is 2.17. The topological polar surface area (TPSA) is 49.4 Å². The number of aryl methyl sites for hydroxylation is 1. The first-order valence-electron chi connectivity index (χ1n) is 9.53. The van der Waals surface area contributed by atoms with Crippen molar-refractivity contribution in [2.24, 2.45) is 5.92 Å². The molecule has 0 saturated heterocycles. The van der Waals surface area contributed by atoms with Crippen LogP contribution in [0.25, 0.3) is 0 Å². The zero-order chi connectivity index (χ0) is 19.8. The van der Waals surface area contributed by atoms with Gasteiger partial charge in [-0.15, -0.1) is 0 Å². The second-order valence-corrected chi connectivity index (χ2v) is 7.49. The van der Waals surface area contributed by atoms with Crippen molar-refractivity contribution in [2.75, 3.05) is 6.54 Å². The molecule has 0 spiro atoms. The molecule has 2 aromatic rings. The van der Waals surface area contributed by atoms with E-state index in [2.05, 4.69) is 19.2 Å². The van der Waals surface area contributed by atoms with E-state index in [0.717, 1.165) is 16.7 Å². The van der Waals surface area contributed by atoms with Crippen LogP contribution >= 0.6 is 0 Å². The Morgan fingerprint density at radius 1 is 0.963 bits per heavy atom. The Kier molecular flexibility index (Phi) is 7.59. The third-order valence-electron chi connectivity index (χ3n) is 4.49. The molecule has 0 aliphatic rings. The molecule has 2 amide bonds. The summed E-state index contributed by atoms with van der Waals surface area (Å²) >= 11 is 0. The molecule has 0 bridgehead atoms. The van der Waals surface area contributed by atoms with Crippen molar-refractivity contribution in [2.45, 2.75) is 46.7 Å². The summed E-state index contributed by atoms with van der Waals surface area (Å²) in [6.45, 7) is 8.94. The van der Waals surface area contributed by atoms with Crippen LogP contribution in [-0.2, 0) is 22.6 Å². The normalized spacial score (nSPS) is 11.9. The number of amides is 2. The molecule has 1 N–H and O–H groups in total. The summed E-state index contributed by atoms with van der Waals surface area (Å²) in [6.07, 6.45) is 0.288. The number of carbonyl (C=O) groups excluding carboxylic acids is 2. The summed E-state index contributed by atoms with van der Waals surface area (Å²) in [5.74, 6) is 0.209. The van der Waals surface area contributed by atoms with Crippen molar-refractivity contribution in [1.29, 1.82) is 0 Å². The minimum Gasteiger partial charge on any atom is -0.354 e. The van der Waals surface area contributed by atoms with E-state index in [0.29, 0.717) is 19.0 Å². The average molecular weight is 367 g/mol. The molecule has 0 aromatic heterocycles. The van der Waals surface area contributed by atoms with Gasteiger partial charge in [0.1, 0.15) is 6.04 Å². The van der Waals surface area contributed by atoms with Gasteiger partial charge in [-0.1, -0.05) is 74.0 Å². The summed E-state index contributed by atoms with van der Waals surface area (Å²) < 4.78 is 0. The van der Waals surface area contributed by atoms with Crippen molar-refractivity contribution in [3.05, 3.63) is 71.3 Å². The molecule has 0 radical (unpaired) electrons. The van der Waals surface area contributed by atoms with Gasteiger partial charge in [-0.05, 0) is 30.9 Å². The number of hydrogen-bond acceptors (Lipinski definition) is 2. The van der Waals surface area contributed by atoms with Gasteiger partial charge in [0.05, 0.1) is 6.42 Å². The molecule has 2 rings (SSSR count). The number of nitrogens with zero attached hydrogens (tertiary/aromatic N) is 1. The third kappa shape index (κ3) is 6.55. The number of hydrogen-bond donors (Lipinski definition) is 1. The third-order valence-corrected chi connectivity index (χ3v) is 4.49. The SMILES string of the molecule is Cc1cccc(CC(=O)N(Cc2ccccc2)C(C)C(=O)NCC(C)C)c1. The second kappa shape index (κ2) is 9.91.